The molecule has 9 heteroatoms. The Morgan fingerprint density at radius 2 is 1.74 bits per heavy atom. The zero-order chi connectivity index (χ0) is 27.7. The quantitative estimate of drug-likeness (QED) is 0.250. The number of methoxy groups -OCH3 is 1. The average molecular weight is 540 g/mol. The molecule has 1 saturated heterocycles. The minimum atomic E-state index is -0.393. The second-order valence-electron chi connectivity index (χ2n) is 9.40. The number of aryl methyl sites for hydroxylation is 1. The van der Waals surface area contributed by atoms with Crippen molar-refractivity contribution in [3.05, 3.63) is 107 Å². The van der Waals surface area contributed by atoms with Gasteiger partial charge in [-0.2, -0.15) is 0 Å². The van der Waals surface area contributed by atoms with Gasteiger partial charge in [-0.15, -0.1) is 0 Å². The van der Waals surface area contributed by atoms with E-state index in [1.807, 2.05) is 74.5 Å². The lowest BCUT2D eigenvalue weighted by atomic mass is 9.96. The summed E-state index contributed by atoms with van der Waals surface area (Å²) in [4.78, 5) is 30.9. The monoisotopic (exact) mass is 539 g/mol. The molecular formula is C30H29N5O3S. The highest BCUT2D eigenvalue weighted by atomic mass is 32.1. The number of hydrogen-bond acceptors (Lipinski definition) is 5. The number of anilines is 2. The van der Waals surface area contributed by atoms with Crippen LogP contribution in [0.3, 0.4) is 0 Å². The molecule has 39 heavy (non-hydrogen) atoms. The van der Waals surface area contributed by atoms with E-state index in [-0.39, 0.29) is 18.0 Å². The molecule has 4 aromatic rings. The first-order chi connectivity index (χ1) is 18.8. The summed E-state index contributed by atoms with van der Waals surface area (Å²) in [5.74, 6) is -0.524. The number of aromatic nitrogens is 2. The fraction of sp³-hybridized carbons (Fsp3) is 0.200. The predicted octanol–water partition coefficient (Wildman–Crippen LogP) is 5.41. The van der Waals surface area contributed by atoms with Crippen LogP contribution >= 0.6 is 12.2 Å². The van der Waals surface area contributed by atoms with Gasteiger partial charge in [0.05, 0.1) is 36.1 Å². The van der Waals surface area contributed by atoms with Gasteiger partial charge >= 0.3 is 5.97 Å². The number of ether oxygens (including phenoxy) is 1. The van der Waals surface area contributed by atoms with Gasteiger partial charge in [-0.1, -0.05) is 18.2 Å². The zero-order valence-corrected chi connectivity index (χ0v) is 23.0. The highest BCUT2D eigenvalue weighted by Gasteiger charge is 2.42. The Kier molecular flexibility index (Phi) is 7.17. The number of rotatable bonds is 6. The van der Waals surface area contributed by atoms with E-state index < -0.39 is 5.97 Å². The maximum Gasteiger partial charge on any atom is 0.339 e. The standard InChI is InChI=1S/C30H29N5O3S/c1-18-17-24(19(2)34(18)26-11-6-5-9-23(26)29(37)38-4)28-27(25-10-7-8-16-31-25)33-30(39)35(28)22-14-12-21(13-15-22)32-20(3)36/h5-17,27-28H,1-4H3,(H,32,36)(H,33,39)/t27-,28+/m0/s1. The van der Waals surface area contributed by atoms with Gasteiger partial charge in [0, 0.05) is 35.9 Å². The van der Waals surface area contributed by atoms with Crippen LogP contribution in [-0.4, -0.2) is 33.6 Å². The average Bonchev–Trinajstić information content (AvgIpc) is 3.43. The molecule has 2 atom stereocenters. The van der Waals surface area contributed by atoms with Gasteiger partial charge in [-0.25, -0.2) is 4.79 Å². The number of esters is 1. The van der Waals surface area contributed by atoms with Crippen molar-refractivity contribution in [2.75, 3.05) is 17.3 Å². The maximum atomic E-state index is 12.6. The molecule has 0 aliphatic carbocycles. The van der Waals surface area contributed by atoms with Gasteiger partial charge in [0.25, 0.3) is 0 Å². The molecule has 0 saturated carbocycles. The lowest BCUT2D eigenvalue weighted by Crippen LogP contribution is -2.29. The lowest BCUT2D eigenvalue weighted by Gasteiger charge is -2.28. The van der Waals surface area contributed by atoms with Crippen LogP contribution in [0.5, 0.6) is 0 Å². The molecule has 3 heterocycles. The number of carbonyl (C=O) groups is 2. The van der Waals surface area contributed by atoms with Crippen LogP contribution in [0.25, 0.3) is 5.69 Å². The molecule has 1 amide bonds. The Morgan fingerprint density at radius 3 is 2.41 bits per heavy atom. The number of benzene rings is 2. The summed E-state index contributed by atoms with van der Waals surface area (Å²) in [6, 6.07) is 22.6. The van der Waals surface area contributed by atoms with Crippen molar-refractivity contribution in [1.29, 1.82) is 0 Å². The molecule has 0 radical (unpaired) electrons. The predicted molar refractivity (Wildman–Crippen MR) is 155 cm³/mol. The Bertz CT molecular complexity index is 1550. The summed E-state index contributed by atoms with van der Waals surface area (Å²) in [5, 5.41) is 6.87. The van der Waals surface area contributed by atoms with Gasteiger partial charge in [0.15, 0.2) is 5.11 Å². The fourth-order valence-electron chi connectivity index (χ4n) is 5.27. The van der Waals surface area contributed by atoms with E-state index in [1.54, 1.807) is 12.3 Å². The van der Waals surface area contributed by atoms with Crippen LogP contribution in [0.15, 0.2) is 79.0 Å². The van der Waals surface area contributed by atoms with Crippen molar-refractivity contribution >= 4 is 40.6 Å². The SMILES string of the molecule is COC(=O)c1ccccc1-n1c(C)cc([C@@H]2[C@H](c3ccccn3)NC(=S)N2c2ccc(NC(C)=O)cc2)c1C. The van der Waals surface area contributed by atoms with Crippen molar-refractivity contribution in [3.63, 3.8) is 0 Å². The topological polar surface area (TPSA) is 88.5 Å². The van der Waals surface area contributed by atoms with Crippen molar-refractivity contribution in [2.45, 2.75) is 32.9 Å². The van der Waals surface area contributed by atoms with Crippen LogP contribution in [0.2, 0.25) is 0 Å². The van der Waals surface area contributed by atoms with Gasteiger partial charge in [-0.05, 0) is 86.2 Å². The van der Waals surface area contributed by atoms with Gasteiger partial charge in [-0.3, -0.25) is 9.78 Å². The number of para-hydroxylation sites is 1. The smallest absolute Gasteiger partial charge is 0.339 e. The number of thiocarbonyl (C=S) groups is 1. The zero-order valence-electron chi connectivity index (χ0n) is 22.1. The number of carbonyl (C=O) groups excluding carboxylic acids is 2. The lowest BCUT2D eigenvalue weighted by molar-refractivity contribution is -0.114. The molecule has 1 fully saturated rings. The van der Waals surface area contributed by atoms with Crippen molar-refractivity contribution in [2.24, 2.45) is 0 Å². The number of pyridine rings is 1. The van der Waals surface area contributed by atoms with Gasteiger partial charge < -0.3 is 24.8 Å². The molecule has 0 unspecified atom stereocenters. The summed E-state index contributed by atoms with van der Waals surface area (Å²) >= 11 is 5.88. The second kappa shape index (κ2) is 10.7. The Labute approximate surface area is 232 Å². The molecule has 1 aliphatic rings. The molecular weight excluding hydrogens is 510 g/mol. The largest absolute Gasteiger partial charge is 0.465 e. The third kappa shape index (κ3) is 4.88. The minimum absolute atomic E-state index is 0.131. The first kappa shape index (κ1) is 26.1. The number of hydrogen-bond donors (Lipinski definition) is 2. The van der Waals surface area contributed by atoms with E-state index in [1.165, 1.54) is 14.0 Å². The molecule has 2 aromatic carbocycles. The molecule has 5 rings (SSSR count). The molecule has 0 bridgehead atoms. The molecule has 2 N–H and O–H groups in total. The first-order valence-electron chi connectivity index (χ1n) is 12.5. The molecule has 1 aliphatic heterocycles. The van der Waals surface area contributed by atoms with Crippen molar-refractivity contribution in [3.8, 4) is 5.69 Å². The maximum absolute atomic E-state index is 12.6. The summed E-state index contributed by atoms with van der Waals surface area (Å²) in [5.41, 5.74) is 6.67. The normalized spacial score (nSPS) is 16.6. The summed E-state index contributed by atoms with van der Waals surface area (Å²) in [7, 11) is 1.39. The van der Waals surface area contributed by atoms with E-state index in [2.05, 4.69) is 31.2 Å². The number of amides is 1. The summed E-state index contributed by atoms with van der Waals surface area (Å²) < 4.78 is 7.14. The third-order valence-electron chi connectivity index (χ3n) is 6.90. The van der Waals surface area contributed by atoms with Crippen molar-refractivity contribution < 1.29 is 14.3 Å². The summed E-state index contributed by atoms with van der Waals surface area (Å²) in [6.45, 7) is 5.55. The Hall–Kier alpha value is -4.50. The van der Waals surface area contributed by atoms with E-state index in [4.69, 9.17) is 17.0 Å². The van der Waals surface area contributed by atoms with Crippen molar-refractivity contribution in [1.82, 2.24) is 14.9 Å². The molecule has 198 valence electrons. The van der Waals surface area contributed by atoms with Crippen LogP contribution in [0.4, 0.5) is 11.4 Å². The van der Waals surface area contributed by atoms with E-state index in [9.17, 15) is 9.59 Å². The van der Waals surface area contributed by atoms with E-state index in [0.717, 1.165) is 34.0 Å². The number of nitrogens with one attached hydrogen (secondary N) is 2. The van der Waals surface area contributed by atoms with Gasteiger partial charge in [0.1, 0.15) is 0 Å². The number of nitrogens with zero attached hydrogens (tertiary/aromatic N) is 3. The molecule has 0 spiro atoms. The molecule has 2 aromatic heterocycles. The van der Waals surface area contributed by atoms with Gasteiger partial charge in [0.2, 0.25) is 5.91 Å². The highest BCUT2D eigenvalue weighted by molar-refractivity contribution is 7.80. The van der Waals surface area contributed by atoms with Crippen LogP contribution in [0.1, 0.15) is 52.0 Å². The Balaban J connectivity index is 1.65. The first-order valence-corrected chi connectivity index (χ1v) is 13.0. The summed E-state index contributed by atoms with van der Waals surface area (Å²) in [6.07, 6.45) is 1.78. The second-order valence-corrected chi connectivity index (χ2v) is 9.78. The fourth-order valence-corrected chi connectivity index (χ4v) is 5.61. The van der Waals surface area contributed by atoms with Crippen LogP contribution in [0, 0.1) is 13.8 Å². The Morgan fingerprint density at radius 1 is 1.03 bits per heavy atom. The third-order valence-corrected chi connectivity index (χ3v) is 7.22. The van der Waals surface area contributed by atoms with E-state index in [0.29, 0.717) is 16.4 Å². The highest BCUT2D eigenvalue weighted by Crippen LogP contribution is 2.44. The van der Waals surface area contributed by atoms with Crippen LogP contribution < -0.4 is 15.5 Å². The van der Waals surface area contributed by atoms with Crippen LogP contribution in [-0.2, 0) is 9.53 Å². The van der Waals surface area contributed by atoms with E-state index >= 15 is 0 Å². The molecule has 8 nitrogen and oxygen atoms in total. The minimum Gasteiger partial charge on any atom is -0.465 e.